The van der Waals surface area contributed by atoms with Gasteiger partial charge in [0.15, 0.2) is 23.0 Å². The van der Waals surface area contributed by atoms with Crippen LogP contribution in [-0.2, 0) is 11.3 Å². The van der Waals surface area contributed by atoms with Crippen LogP contribution in [0, 0.1) is 5.92 Å². The first-order chi connectivity index (χ1) is 17.1. The van der Waals surface area contributed by atoms with Crippen LogP contribution in [0.5, 0.6) is 23.0 Å². The molecular formula is C28H38N2O5. The standard InChI is InChI=1S/C28H38N2O5/c1-5-27(31)30-12-13-34-28-23(18-30)14-22(21-9-10-24(32-3)25(15-21)33-4)16-26(28)35-19-20-8-7-11-29(6-2)17-20/h9-10,14-16,20H,5-8,11-13,17-19H2,1-4H3. The van der Waals surface area contributed by atoms with Crippen molar-refractivity contribution in [1.29, 1.82) is 0 Å². The normalized spacial score (nSPS) is 18.3. The van der Waals surface area contributed by atoms with Crippen molar-refractivity contribution in [3.63, 3.8) is 0 Å². The lowest BCUT2D eigenvalue weighted by molar-refractivity contribution is -0.131. The number of amides is 1. The van der Waals surface area contributed by atoms with E-state index in [1.807, 2.05) is 30.0 Å². The summed E-state index contributed by atoms with van der Waals surface area (Å²) >= 11 is 0. The molecule has 35 heavy (non-hydrogen) atoms. The number of ether oxygens (including phenoxy) is 4. The van der Waals surface area contributed by atoms with Crippen LogP contribution in [0.15, 0.2) is 30.3 Å². The molecule has 4 rings (SSSR count). The van der Waals surface area contributed by atoms with Crippen molar-refractivity contribution < 1.29 is 23.7 Å². The fourth-order valence-electron chi connectivity index (χ4n) is 4.99. The van der Waals surface area contributed by atoms with Crippen LogP contribution in [0.3, 0.4) is 0 Å². The quantitative estimate of drug-likeness (QED) is 0.548. The van der Waals surface area contributed by atoms with Crippen LogP contribution in [0.2, 0.25) is 0 Å². The molecule has 1 unspecified atom stereocenters. The summed E-state index contributed by atoms with van der Waals surface area (Å²) in [4.78, 5) is 16.9. The van der Waals surface area contributed by atoms with Crippen molar-refractivity contribution in [2.45, 2.75) is 39.7 Å². The zero-order chi connectivity index (χ0) is 24.8. The molecule has 190 valence electrons. The van der Waals surface area contributed by atoms with E-state index in [4.69, 9.17) is 18.9 Å². The van der Waals surface area contributed by atoms with Crippen molar-refractivity contribution in [3.05, 3.63) is 35.9 Å². The van der Waals surface area contributed by atoms with Gasteiger partial charge in [-0.1, -0.05) is 19.9 Å². The summed E-state index contributed by atoms with van der Waals surface area (Å²) in [6, 6.07) is 10.0. The minimum absolute atomic E-state index is 0.127. The van der Waals surface area contributed by atoms with Crippen LogP contribution < -0.4 is 18.9 Å². The van der Waals surface area contributed by atoms with Crippen LogP contribution in [-0.4, -0.2) is 69.3 Å². The van der Waals surface area contributed by atoms with Gasteiger partial charge in [0.2, 0.25) is 5.91 Å². The number of piperidine rings is 1. The summed E-state index contributed by atoms with van der Waals surface area (Å²) in [6.45, 7) is 9.60. The Morgan fingerprint density at radius 1 is 1.03 bits per heavy atom. The Balaban J connectivity index is 1.68. The maximum atomic E-state index is 12.5. The first kappa shape index (κ1) is 25.2. The van der Waals surface area contributed by atoms with E-state index in [1.54, 1.807) is 14.2 Å². The number of hydrogen-bond donors (Lipinski definition) is 0. The average molecular weight is 483 g/mol. The zero-order valence-corrected chi connectivity index (χ0v) is 21.5. The van der Waals surface area contributed by atoms with E-state index in [-0.39, 0.29) is 5.91 Å². The van der Waals surface area contributed by atoms with Gasteiger partial charge in [-0.25, -0.2) is 0 Å². The third-order valence-corrected chi connectivity index (χ3v) is 7.00. The van der Waals surface area contributed by atoms with E-state index in [9.17, 15) is 4.79 Å². The number of fused-ring (bicyclic) bond motifs is 1. The SMILES string of the molecule is CCC(=O)N1CCOc2c(cc(-c3ccc(OC)c(OC)c3)cc2OCC2CCCN(CC)C2)C1. The average Bonchev–Trinajstić information content (AvgIpc) is 3.13. The second kappa shape index (κ2) is 11.7. The second-order valence-corrected chi connectivity index (χ2v) is 9.26. The number of nitrogens with zero attached hydrogens (tertiary/aromatic N) is 2. The predicted molar refractivity (Wildman–Crippen MR) is 137 cm³/mol. The highest BCUT2D eigenvalue weighted by Gasteiger charge is 2.25. The lowest BCUT2D eigenvalue weighted by Gasteiger charge is -2.31. The highest BCUT2D eigenvalue weighted by molar-refractivity contribution is 5.77. The van der Waals surface area contributed by atoms with Crippen molar-refractivity contribution in [3.8, 4) is 34.1 Å². The maximum Gasteiger partial charge on any atom is 0.222 e. The molecule has 7 heteroatoms. The molecule has 2 aliphatic heterocycles. The molecule has 1 saturated heterocycles. The first-order valence-electron chi connectivity index (χ1n) is 12.7. The lowest BCUT2D eigenvalue weighted by Crippen LogP contribution is -2.37. The van der Waals surface area contributed by atoms with Gasteiger partial charge in [-0.05, 0) is 61.3 Å². The number of methoxy groups -OCH3 is 2. The predicted octanol–water partition coefficient (Wildman–Crippen LogP) is 4.61. The number of benzene rings is 2. The molecule has 1 atom stereocenters. The molecule has 2 aromatic rings. The number of rotatable bonds is 8. The molecule has 0 N–H and O–H groups in total. The Morgan fingerprint density at radius 2 is 1.83 bits per heavy atom. The number of likely N-dealkylation sites (tertiary alicyclic amines) is 1. The lowest BCUT2D eigenvalue weighted by atomic mass is 9.98. The molecule has 0 aliphatic carbocycles. The number of carbonyl (C=O) groups is 1. The van der Waals surface area contributed by atoms with Gasteiger partial charge in [0.05, 0.1) is 27.4 Å². The van der Waals surface area contributed by atoms with E-state index < -0.39 is 0 Å². The fraction of sp³-hybridized carbons (Fsp3) is 0.536. The molecule has 0 radical (unpaired) electrons. The van der Waals surface area contributed by atoms with Crippen molar-refractivity contribution in [2.75, 3.05) is 53.6 Å². The van der Waals surface area contributed by atoms with Crippen molar-refractivity contribution >= 4 is 5.91 Å². The molecule has 2 aliphatic rings. The second-order valence-electron chi connectivity index (χ2n) is 9.26. The molecule has 0 aromatic heterocycles. The highest BCUT2D eigenvalue weighted by Crippen LogP contribution is 2.41. The summed E-state index contributed by atoms with van der Waals surface area (Å²) in [5.41, 5.74) is 2.95. The zero-order valence-electron chi connectivity index (χ0n) is 21.5. The Morgan fingerprint density at radius 3 is 2.57 bits per heavy atom. The monoisotopic (exact) mass is 482 g/mol. The molecule has 7 nitrogen and oxygen atoms in total. The number of carbonyl (C=O) groups excluding carboxylic acids is 1. The van der Waals surface area contributed by atoms with Gasteiger partial charge in [-0.15, -0.1) is 0 Å². The Labute approximate surface area is 208 Å². The molecular weight excluding hydrogens is 444 g/mol. The third-order valence-electron chi connectivity index (χ3n) is 7.00. The summed E-state index contributed by atoms with van der Waals surface area (Å²) in [6.07, 6.45) is 2.85. The van der Waals surface area contributed by atoms with E-state index in [0.717, 1.165) is 41.3 Å². The number of hydrogen-bond acceptors (Lipinski definition) is 6. The van der Waals surface area contributed by atoms with Crippen LogP contribution in [0.25, 0.3) is 11.1 Å². The van der Waals surface area contributed by atoms with Gasteiger partial charge < -0.3 is 28.7 Å². The van der Waals surface area contributed by atoms with Gasteiger partial charge in [-0.2, -0.15) is 0 Å². The molecule has 1 fully saturated rings. The topological polar surface area (TPSA) is 60.5 Å². The van der Waals surface area contributed by atoms with Crippen LogP contribution in [0.4, 0.5) is 0 Å². The molecule has 0 spiro atoms. The van der Waals surface area contributed by atoms with Gasteiger partial charge in [0, 0.05) is 31.0 Å². The van der Waals surface area contributed by atoms with Crippen LogP contribution in [0.1, 0.15) is 38.7 Å². The maximum absolute atomic E-state index is 12.5. The molecule has 0 saturated carbocycles. The molecule has 2 heterocycles. The summed E-state index contributed by atoms with van der Waals surface area (Å²) in [7, 11) is 3.27. The van der Waals surface area contributed by atoms with Crippen molar-refractivity contribution in [1.82, 2.24) is 9.80 Å². The van der Waals surface area contributed by atoms with E-state index in [2.05, 4.69) is 24.0 Å². The van der Waals surface area contributed by atoms with E-state index in [1.165, 1.54) is 19.4 Å². The molecule has 0 bridgehead atoms. The van der Waals surface area contributed by atoms with E-state index in [0.29, 0.717) is 50.1 Å². The van der Waals surface area contributed by atoms with Gasteiger partial charge >= 0.3 is 0 Å². The Kier molecular flexibility index (Phi) is 8.39. The molecule has 1 amide bonds. The minimum Gasteiger partial charge on any atom is -0.493 e. The van der Waals surface area contributed by atoms with Gasteiger partial charge in [-0.3, -0.25) is 4.79 Å². The summed E-state index contributed by atoms with van der Waals surface area (Å²) < 4.78 is 23.6. The van der Waals surface area contributed by atoms with Gasteiger partial charge in [0.1, 0.15) is 6.61 Å². The smallest absolute Gasteiger partial charge is 0.222 e. The first-order valence-corrected chi connectivity index (χ1v) is 12.7. The van der Waals surface area contributed by atoms with E-state index >= 15 is 0 Å². The summed E-state index contributed by atoms with van der Waals surface area (Å²) in [5, 5.41) is 0. The third kappa shape index (κ3) is 5.84. The minimum atomic E-state index is 0.127. The largest absolute Gasteiger partial charge is 0.493 e. The Bertz CT molecular complexity index is 1020. The van der Waals surface area contributed by atoms with Gasteiger partial charge in [0.25, 0.3) is 0 Å². The van der Waals surface area contributed by atoms with Crippen molar-refractivity contribution in [2.24, 2.45) is 5.92 Å². The summed E-state index contributed by atoms with van der Waals surface area (Å²) in [5.74, 6) is 3.47. The van der Waals surface area contributed by atoms with Crippen LogP contribution >= 0.6 is 0 Å². The fourth-order valence-corrected chi connectivity index (χ4v) is 4.99. The Hall–Kier alpha value is -2.93. The highest BCUT2D eigenvalue weighted by atomic mass is 16.5. The molecule has 2 aromatic carbocycles.